The summed E-state index contributed by atoms with van der Waals surface area (Å²) < 4.78 is 0. The van der Waals surface area contributed by atoms with Crippen LogP contribution in [0.2, 0.25) is 0 Å². The Kier molecular flexibility index (Phi) is 5.95. The third kappa shape index (κ3) is 5.18. The molecule has 0 radical (unpaired) electrons. The van der Waals surface area contributed by atoms with E-state index in [4.69, 9.17) is 6.42 Å². The van der Waals surface area contributed by atoms with Crippen molar-refractivity contribution in [3.05, 3.63) is 0 Å². The second kappa shape index (κ2) is 7.29. The van der Waals surface area contributed by atoms with Crippen molar-refractivity contribution in [2.45, 2.75) is 45.1 Å². The Labute approximate surface area is 98.4 Å². The fraction of sp³-hybridized carbons (Fsp3) is 0.769. The minimum atomic E-state index is 0.0384. The molecule has 0 spiro atoms. The molecule has 1 atom stereocenters. The van der Waals surface area contributed by atoms with Gasteiger partial charge < -0.3 is 10.6 Å². The van der Waals surface area contributed by atoms with E-state index in [1.54, 1.807) is 0 Å². The highest BCUT2D eigenvalue weighted by Gasteiger charge is 2.29. The van der Waals surface area contributed by atoms with Crippen LogP contribution in [0.3, 0.4) is 0 Å². The van der Waals surface area contributed by atoms with Gasteiger partial charge in [-0.3, -0.25) is 4.79 Å². The largest absolute Gasteiger partial charge is 0.345 e. The monoisotopic (exact) mass is 222 g/mol. The molecule has 16 heavy (non-hydrogen) atoms. The number of terminal acetylenes is 1. The molecule has 1 aliphatic rings. The number of carbonyl (C=O) groups excluding carboxylic acids is 1. The van der Waals surface area contributed by atoms with Crippen LogP contribution in [0.15, 0.2) is 0 Å². The molecule has 0 heterocycles. The zero-order valence-electron chi connectivity index (χ0n) is 10.1. The van der Waals surface area contributed by atoms with Crippen LogP contribution in [0, 0.1) is 18.3 Å². The van der Waals surface area contributed by atoms with Crippen LogP contribution in [0.25, 0.3) is 0 Å². The van der Waals surface area contributed by atoms with Gasteiger partial charge in [0.15, 0.2) is 0 Å². The molecule has 1 fully saturated rings. The number of hydrogen-bond donors (Lipinski definition) is 2. The summed E-state index contributed by atoms with van der Waals surface area (Å²) in [5, 5.41) is 6.15. The number of amides is 1. The smallest absolute Gasteiger partial charge is 0.222 e. The Balaban J connectivity index is 2.08. The van der Waals surface area contributed by atoms with Gasteiger partial charge in [0.1, 0.15) is 0 Å². The maximum absolute atomic E-state index is 11.3. The van der Waals surface area contributed by atoms with E-state index in [0.717, 1.165) is 12.5 Å². The van der Waals surface area contributed by atoms with Crippen molar-refractivity contribution < 1.29 is 4.79 Å². The molecule has 1 amide bonds. The quantitative estimate of drug-likeness (QED) is 0.608. The van der Waals surface area contributed by atoms with Crippen LogP contribution in [0.1, 0.15) is 39.0 Å². The summed E-state index contributed by atoms with van der Waals surface area (Å²) in [5.74, 6) is 3.29. The third-order valence-corrected chi connectivity index (χ3v) is 2.94. The van der Waals surface area contributed by atoms with Gasteiger partial charge in [0.2, 0.25) is 5.91 Å². The molecule has 3 nitrogen and oxygen atoms in total. The Morgan fingerprint density at radius 1 is 1.56 bits per heavy atom. The van der Waals surface area contributed by atoms with Gasteiger partial charge in [-0.15, -0.1) is 6.42 Å². The van der Waals surface area contributed by atoms with Crippen molar-refractivity contribution in [2.24, 2.45) is 5.92 Å². The average molecular weight is 222 g/mol. The lowest BCUT2D eigenvalue weighted by Gasteiger charge is -2.17. The molecule has 0 bridgehead atoms. The summed E-state index contributed by atoms with van der Waals surface area (Å²) in [6, 6.07) is 0.616. The van der Waals surface area contributed by atoms with E-state index in [2.05, 4.69) is 23.5 Å². The lowest BCUT2D eigenvalue weighted by atomic mass is 10.1. The van der Waals surface area contributed by atoms with E-state index in [9.17, 15) is 4.79 Å². The van der Waals surface area contributed by atoms with Crippen molar-refractivity contribution in [3.8, 4) is 12.3 Å². The Morgan fingerprint density at radius 3 is 2.88 bits per heavy atom. The van der Waals surface area contributed by atoms with Crippen molar-refractivity contribution in [1.82, 2.24) is 10.6 Å². The van der Waals surface area contributed by atoms with Crippen LogP contribution >= 0.6 is 0 Å². The Bertz CT molecular complexity index is 253. The molecular weight excluding hydrogens is 200 g/mol. The van der Waals surface area contributed by atoms with Gasteiger partial charge >= 0.3 is 0 Å². The van der Waals surface area contributed by atoms with Crippen molar-refractivity contribution in [1.29, 1.82) is 0 Å². The van der Waals surface area contributed by atoms with Gasteiger partial charge in [-0.25, -0.2) is 0 Å². The van der Waals surface area contributed by atoms with Crippen LogP contribution in [0.4, 0.5) is 0 Å². The number of carbonyl (C=O) groups is 1. The third-order valence-electron chi connectivity index (χ3n) is 2.94. The van der Waals surface area contributed by atoms with Crippen LogP contribution in [-0.4, -0.2) is 25.0 Å². The summed E-state index contributed by atoms with van der Waals surface area (Å²) in [6.07, 6.45) is 10.7. The maximum atomic E-state index is 11.3. The normalized spacial score (nSPS) is 16.5. The van der Waals surface area contributed by atoms with Gasteiger partial charge in [-0.05, 0) is 25.2 Å². The Hall–Kier alpha value is -1.01. The van der Waals surface area contributed by atoms with Crippen molar-refractivity contribution >= 4 is 5.91 Å². The molecule has 0 aromatic carbocycles. The highest BCUT2D eigenvalue weighted by molar-refractivity contribution is 5.76. The molecule has 0 saturated heterocycles. The van der Waals surface area contributed by atoms with Crippen molar-refractivity contribution in [2.75, 3.05) is 13.1 Å². The SMILES string of the molecule is C#CCNC(=O)CCNC(CCC)C1CC1. The molecule has 1 rings (SSSR count). The second-order valence-corrected chi connectivity index (χ2v) is 4.42. The molecular formula is C13H22N2O. The standard InChI is InChI=1S/C13H22N2O/c1-3-5-12(11-6-7-11)14-10-8-13(16)15-9-4-2/h2,11-12,14H,3,5-10H2,1H3,(H,15,16). The van der Waals surface area contributed by atoms with Crippen molar-refractivity contribution in [3.63, 3.8) is 0 Å². The summed E-state index contributed by atoms with van der Waals surface area (Å²) in [5.41, 5.74) is 0. The van der Waals surface area contributed by atoms with E-state index in [1.807, 2.05) is 0 Å². The fourth-order valence-corrected chi connectivity index (χ4v) is 1.92. The van der Waals surface area contributed by atoms with Crippen LogP contribution < -0.4 is 10.6 Å². The first kappa shape index (κ1) is 13.1. The lowest BCUT2D eigenvalue weighted by molar-refractivity contribution is -0.120. The zero-order chi connectivity index (χ0) is 11.8. The molecule has 3 heteroatoms. The van der Waals surface area contributed by atoms with Gasteiger partial charge in [0.05, 0.1) is 6.54 Å². The van der Waals surface area contributed by atoms with E-state index < -0.39 is 0 Å². The molecule has 0 aromatic rings. The number of rotatable bonds is 8. The average Bonchev–Trinajstić information content (AvgIpc) is 3.09. The first-order valence-electron chi connectivity index (χ1n) is 6.21. The second-order valence-electron chi connectivity index (χ2n) is 4.42. The fourth-order valence-electron chi connectivity index (χ4n) is 1.92. The first-order valence-corrected chi connectivity index (χ1v) is 6.21. The van der Waals surface area contributed by atoms with E-state index in [0.29, 0.717) is 19.0 Å². The minimum absolute atomic E-state index is 0.0384. The van der Waals surface area contributed by atoms with Crippen LogP contribution in [0.5, 0.6) is 0 Å². The predicted octanol–water partition coefficient (Wildman–Crippen LogP) is 1.29. The summed E-state index contributed by atoms with van der Waals surface area (Å²) in [4.78, 5) is 11.3. The molecule has 1 saturated carbocycles. The predicted molar refractivity (Wildman–Crippen MR) is 65.9 cm³/mol. The van der Waals surface area contributed by atoms with E-state index >= 15 is 0 Å². The number of nitrogens with one attached hydrogen (secondary N) is 2. The lowest BCUT2D eigenvalue weighted by Crippen LogP contribution is -2.35. The molecule has 1 aliphatic carbocycles. The minimum Gasteiger partial charge on any atom is -0.345 e. The zero-order valence-corrected chi connectivity index (χ0v) is 10.1. The van der Waals surface area contributed by atoms with Gasteiger partial charge in [-0.2, -0.15) is 0 Å². The Morgan fingerprint density at radius 2 is 2.31 bits per heavy atom. The van der Waals surface area contributed by atoms with Gasteiger partial charge in [-0.1, -0.05) is 19.3 Å². The molecule has 0 aromatic heterocycles. The van der Waals surface area contributed by atoms with Gasteiger partial charge in [0, 0.05) is 19.0 Å². The highest BCUT2D eigenvalue weighted by atomic mass is 16.1. The summed E-state index contributed by atoms with van der Waals surface area (Å²) in [6.45, 7) is 3.30. The topological polar surface area (TPSA) is 41.1 Å². The summed E-state index contributed by atoms with van der Waals surface area (Å²) >= 11 is 0. The highest BCUT2D eigenvalue weighted by Crippen LogP contribution is 2.34. The van der Waals surface area contributed by atoms with Gasteiger partial charge in [0.25, 0.3) is 0 Å². The van der Waals surface area contributed by atoms with E-state index in [-0.39, 0.29) is 5.91 Å². The van der Waals surface area contributed by atoms with Crippen LogP contribution in [-0.2, 0) is 4.79 Å². The van der Waals surface area contributed by atoms with E-state index in [1.165, 1.54) is 25.7 Å². The number of hydrogen-bond acceptors (Lipinski definition) is 2. The molecule has 1 unspecified atom stereocenters. The molecule has 0 aliphatic heterocycles. The molecule has 90 valence electrons. The first-order chi connectivity index (χ1) is 7.77. The molecule has 2 N–H and O–H groups in total. The summed E-state index contributed by atoms with van der Waals surface area (Å²) in [7, 11) is 0. The maximum Gasteiger partial charge on any atom is 0.222 e.